The summed E-state index contributed by atoms with van der Waals surface area (Å²) in [7, 11) is 0. The molecule has 2 heterocycles. The predicted octanol–water partition coefficient (Wildman–Crippen LogP) is 3.89. The van der Waals surface area contributed by atoms with E-state index in [0.29, 0.717) is 11.6 Å². The van der Waals surface area contributed by atoms with Gasteiger partial charge in [0.1, 0.15) is 10.1 Å². The topological polar surface area (TPSA) is 51.8 Å². The van der Waals surface area contributed by atoms with E-state index < -0.39 is 0 Å². The van der Waals surface area contributed by atoms with E-state index in [9.17, 15) is 0 Å². The van der Waals surface area contributed by atoms with E-state index in [0.717, 1.165) is 26.5 Å². The van der Waals surface area contributed by atoms with Crippen molar-refractivity contribution in [3.8, 4) is 0 Å². The van der Waals surface area contributed by atoms with Gasteiger partial charge >= 0.3 is 0 Å². The highest BCUT2D eigenvalue weighted by molar-refractivity contribution is 7.99. The summed E-state index contributed by atoms with van der Waals surface area (Å²) in [6.45, 7) is 0.479. The molecule has 3 aromatic rings. The molecule has 0 unspecified atom stereocenters. The summed E-state index contributed by atoms with van der Waals surface area (Å²) >= 11 is 7.58. The molecule has 1 aromatic carbocycles. The number of fused-ring (bicyclic) bond motifs is 1. The molecule has 100 valence electrons. The molecular formula is C15H12ClN3S. The first kappa shape index (κ1) is 13.4. The minimum absolute atomic E-state index is 0.479. The van der Waals surface area contributed by atoms with Gasteiger partial charge in [0.15, 0.2) is 0 Å². The lowest BCUT2D eigenvalue weighted by Gasteiger charge is -2.08. The number of rotatable bonds is 3. The molecule has 0 fully saturated rings. The fraction of sp³-hybridized carbons (Fsp3) is 0.0667. The molecule has 0 aliphatic carbocycles. The highest BCUT2D eigenvalue weighted by atomic mass is 35.5. The summed E-state index contributed by atoms with van der Waals surface area (Å²) in [5, 5.41) is 3.32. The number of para-hydroxylation sites is 1. The molecule has 0 saturated heterocycles. The van der Waals surface area contributed by atoms with Crippen LogP contribution in [0.4, 0.5) is 0 Å². The van der Waals surface area contributed by atoms with E-state index in [-0.39, 0.29) is 0 Å². The van der Waals surface area contributed by atoms with Crippen LogP contribution in [0.15, 0.2) is 58.7 Å². The average Bonchev–Trinajstić information content (AvgIpc) is 2.49. The number of hydrogen-bond donors (Lipinski definition) is 1. The van der Waals surface area contributed by atoms with Crippen molar-refractivity contribution in [1.82, 2.24) is 9.97 Å². The maximum absolute atomic E-state index is 6.13. The van der Waals surface area contributed by atoms with Crippen LogP contribution in [-0.2, 0) is 6.54 Å². The summed E-state index contributed by atoms with van der Waals surface area (Å²) in [5.74, 6) is 0. The molecule has 3 nitrogen and oxygen atoms in total. The molecule has 20 heavy (non-hydrogen) atoms. The SMILES string of the molecule is NCc1cc(Sc2ncccc2Cl)nc2ccccc12. The van der Waals surface area contributed by atoms with Crippen molar-refractivity contribution in [2.75, 3.05) is 0 Å². The minimum Gasteiger partial charge on any atom is -0.326 e. The monoisotopic (exact) mass is 301 g/mol. The number of pyridine rings is 2. The lowest BCUT2D eigenvalue weighted by Crippen LogP contribution is -1.99. The smallest absolute Gasteiger partial charge is 0.121 e. The van der Waals surface area contributed by atoms with E-state index in [1.54, 1.807) is 6.20 Å². The zero-order valence-electron chi connectivity index (χ0n) is 10.6. The van der Waals surface area contributed by atoms with Crippen LogP contribution >= 0.6 is 23.4 Å². The van der Waals surface area contributed by atoms with Gasteiger partial charge in [-0.15, -0.1) is 0 Å². The summed E-state index contributed by atoms with van der Waals surface area (Å²) in [5.41, 5.74) is 7.84. The molecule has 0 aliphatic rings. The van der Waals surface area contributed by atoms with Gasteiger partial charge in [0.05, 0.1) is 10.5 Å². The Bertz CT molecular complexity index is 761. The maximum Gasteiger partial charge on any atom is 0.121 e. The number of hydrogen-bond acceptors (Lipinski definition) is 4. The first-order chi connectivity index (χ1) is 9.78. The van der Waals surface area contributed by atoms with Crippen molar-refractivity contribution in [3.05, 3.63) is 59.2 Å². The molecular weight excluding hydrogens is 290 g/mol. The second-order valence-electron chi connectivity index (χ2n) is 4.23. The largest absolute Gasteiger partial charge is 0.326 e. The Morgan fingerprint density at radius 3 is 2.80 bits per heavy atom. The Morgan fingerprint density at radius 2 is 2.00 bits per heavy atom. The fourth-order valence-corrected chi connectivity index (χ4v) is 3.05. The lowest BCUT2D eigenvalue weighted by atomic mass is 10.1. The van der Waals surface area contributed by atoms with E-state index in [2.05, 4.69) is 9.97 Å². The highest BCUT2D eigenvalue weighted by Gasteiger charge is 2.08. The van der Waals surface area contributed by atoms with Gasteiger partial charge in [-0.3, -0.25) is 0 Å². The van der Waals surface area contributed by atoms with Crippen LogP contribution in [-0.4, -0.2) is 9.97 Å². The quantitative estimate of drug-likeness (QED) is 0.797. The van der Waals surface area contributed by atoms with Gasteiger partial charge in [-0.1, -0.05) is 29.8 Å². The number of halogens is 1. The summed E-state index contributed by atoms with van der Waals surface area (Å²) in [6, 6.07) is 13.6. The van der Waals surface area contributed by atoms with Crippen LogP contribution < -0.4 is 5.73 Å². The third-order valence-electron chi connectivity index (χ3n) is 2.92. The van der Waals surface area contributed by atoms with Gasteiger partial charge in [0, 0.05) is 18.1 Å². The van der Waals surface area contributed by atoms with Crippen LogP contribution in [0.3, 0.4) is 0 Å². The molecule has 2 aromatic heterocycles. The third-order valence-corrected chi connectivity index (χ3v) is 4.28. The van der Waals surface area contributed by atoms with Gasteiger partial charge in [0.25, 0.3) is 0 Å². The van der Waals surface area contributed by atoms with E-state index in [1.165, 1.54) is 11.8 Å². The van der Waals surface area contributed by atoms with E-state index in [1.807, 2.05) is 42.5 Å². The van der Waals surface area contributed by atoms with Crippen molar-refractivity contribution in [2.24, 2.45) is 5.73 Å². The standard InChI is InChI=1S/C15H12ClN3S/c16-12-5-3-7-18-15(12)20-14-8-10(9-17)11-4-1-2-6-13(11)19-14/h1-8H,9,17H2. The molecule has 0 bridgehead atoms. The van der Waals surface area contributed by atoms with Crippen molar-refractivity contribution in [2.45, 2.75) is 16.6 Å². The number of nitrogens with zero attached hydrogens (tertiary/aromatic N) is 2. The van der Waals surface area contributed by atoms with Gasteiger partial charge in [-0.2, -0.15) is 0 Å². The van der Waals surface area contributed by atoms with E-state index >= 15 is 0 Å². The molecule has 3 rings (SSSR count). The second-order valence-corrected chi connectivity index (χ2v) is 5.65. The zero-order valence-corrected chi connectivity index (χ0v) is 12.2. The summed E-state index contributed by atoms with van der Waals surface area (Å²) in [4.78, 5) is 8.90. The van der Waals surface area contributed by atoms with Crippen LogP contribution in [0.25, 0.3) is 10.9 Å². The Kier molecular flexibility index (Phi) is 3.87. The van der Waals surface area contributed by atoms with Crippen LogP contribution in [0.1, 0.15) is 5.56 Å². The molecule has 0 saturated carbocycles. The maximum atomic E-state index is 6.13. The minimum atomic E-state index is 0.479. The first-order valence-corrected chi connectivity index (χ1v) is 7.34. The first-order valence-electron chi connectivity index (χ1n) is 6.15. The number of nitrogens with two attached hydrogens (primary N) is 1. The molecule has 2 N–H and O–H groups in total. The van der Waals surface area contributed by atoms with Crippen LogP contribution in [0, 0.1) is 0 Å². The second kappa shape index (κ2) is 5.79. The molecule has 0 aliphatic heterocycles. The Morgan fingerprint density at radius 1 is 1.15 bits per heavy atom. The lowest BCUT2D eigenvalue weighted by molar-refractivity contribution is 1.04. The summed E-state index contributed by atoms with van der Waals surface area (Å²) < 4.78 is 0. The Hall–Kier alpha value is -1.62. The molecule has 0 amide bonds. The Labute approximate surface area is 126 Å². The van der Waals surface area contributed by atoms with Crippen LogP contribution in [0.5, 0.6) is 0 Å². The van der Waals surface area contributed by atoms with Crippen molar-refractivity contribution in [1.29, 1.82) is 0 Å². The third kappa shape index (κ3) is 2.63. The zero-order chi connectivity index (χ0) is 13.9. The average molecular weight is 302 g/mol. The van der Waals surface area contributed by atoms with Crippen LogP contribution in [0.2, 0.25) is 5.02 Å². The molecule has 5 heteroatoms. The molecule has 0 spiro atoms. The van der Waals surface area contributed by atoms with Crippen molar-refractivity contribution in [3.63, 3.8) is 0 Å². The highest BCUT2D eigenvalue weighted by Crippen LogP contribution is 2.32. The molecule has 0 atom stereocenters. The number of benzene rings is 1. The predicted molar refractivity (Wildman–Crippen MR) is 83.0 cm³/mol. The fourth-order valence-electron chi connectivity index (χ4n) is 1.99. The van der Waals surface area contributed by atoms with Crippen molar-refractivity contribution < 1.29 is 0 Å². The van der Waals surface area contributed by atoms with Gasteiger partial charge in [-0.25, -0.2) is 9.97 Å². The number of aromatic nitrogens is 2. The Balaban J connectivity index is 2.06. The molecule has 0 radical (unpaired) electrons. The van der Waals surface area contributed by atoms with Gasteiger partial charge in [0.2, 0.25) is 0 Å². The van der Waals surface area contributed by atoms with Gasteiger partial charge < -0.3 is 5.73 Å². The van der Waals surface area contributed by atoms with Gasteiger partial charge in [-0.05, 0) is 41.6 Å². The van der Waals surface area contributed by atoms with Crippen molar-refractivity contribution >= 4 is 34.3 Å². The van der Waals surface area contributed by atoms with E-state index in [4.69, 9.17) is 17.3 Å². The summed E-state index contributed by atoms with van der Waals surface area (Å²) in [6.07, 6.45) is 1.72. The normalized spacial score (nSPS) is 10.9.